The second-order valence-corrected chi connectivity index (χ2v) is 9.79. The van der Waals surface area contributed by atoms with Gasteiger partial charge < -0.3 is 4.18 Å². The maximum atomic E-state index is 12.6. The summed E-state index contributed by atoms with van der Waals surface area (Å²) in [4.78, 5) is 12.4. The van der Waals surface area contributed by atoms with E-state index in [1.165, 1.54) is 30.5 Å². The Labute approximate surface area is 206 Å². The van der Waals surface area contributed by atoms with E-state index in [9.17, 15) is 13.2 Å². The zero-order valence-electron chi connectivity index (χ0n) is 17.8. The molecule has 0 saturated carbocycles. The van der Waals surface area contributed by atoms with Crippen molar-refractivity contribution in [3.63, 3.8) is 0 Å². The number of hydrogen-bond acceptors (Lipinski definition) is 5. The molecule has 172 valence electrons. The molecule has 0 aliphatic carbocycles. The van der Waals surface area contributed by atoms with E-state index in [2.05, 4.69) is 10.5 Å². The van der Waals surface area contributed by atoms with Crippen LogP contribution in [0.15, 0.2) is 88.9 Å². The van der Waals surface area contributed by atoms with Crippen molar-refractivity contribution >= 4 is 56.2 Å². The molecule has 0 spiro atoms. The van der Waals surface area contributed by atoms with Crippen LogP contribution in [-0.4, -0.2) is 20.5 Å². The van der Waals surface area contributed by atoms with E-state index in [0.717, 1.165) is 16.3 Å². The number of hydrazone groups is 1. The van der Waals surface area contributed by atoms with Crippen LogP contribution >= 0.6 is 23.2 Å². The van der Waals surface area contributed by atoms with Gasteiger partial charge in [-0.15, -0.1) is 0 Å². The van der Waals surface area contributed by atoms with Crippen LogP contribution in [0.3, 0.4) is 0 Å². The molecule has 0 aromatic heterocycles. The van der Waals surface area contributed by atoms with E-state index in [1.54, 1.807) is 24.3 Å². The summed E-state index contributed by atoms with van der Waals surface area (Å²) in [6.45, 7) is 1.84. The third kappa shape index (κ3) is 5.39. The largest absolute Gasteiger partial charge is 0.376 e. The van der Waals surface area contributed by atoms with Crippen LogP contribution < -0.4 is 9.61 Å². The number of nitrogens with zero attached hydrogens (tertiary/aromatic N) is 1. The predicted octanol–water partition coefficient (Wildman–Crippen LogP) is 5.99. The molecule has 0 fully saturated rings. The topological polar surface area (TPSA) is 84.8 Å². The van der Waals surface area contributed by atoms with Crippen molar-refractivity contribution in [3.05, 3.63) is 106 Å². The third-order valence-electron chi connectivity index (χ3n) is 4.91. The molecule has 9 heteroatoms. The zero-order valence-corrected chi connectivity index (χ0v) is 20.2. The van der Waals surface area contributed by atoms with Crippen molar-refractivity contribution in [2.75, 3.05) is 0 Å². The first kappa shape index (κ1) is 23.8. The molecule has 0 saturated heterocycles. The minimum atomic E-state index is -4.12. The molecule has 1 N–H and O–H groups in total. The minimum Gasteiger partial charge on any atom is -0.376 e. The Bertz CT molecular complexity index is 1490. The number of hydrogen-bond donors (Lipinski definition) is 1. The smallest absolute Gasteiger partial charge is 0.339 e. The number of amides is 1. The van der Waals surface area contributed by atoms with Gasteiger partial charge in [-0.2, -0.15) is 13.5 Å². The average molecular weight is 513 g/mol. The quantitative estimate of drug-likeness (QED) is 0.195. The van der Waals surface area contributed by atoms with Crippen molar-refractivity contribution < 1.29 is 17.4 Å². The summed E-state index contributed by atoms with van der Waals surface area (Å²) in [5.74, 6) is -0.579. The first-order valence-electron chi connectivity index (χ1n) is 10.1. The molecule has 0 radical (unpaired) electrons. The van der Waals surface area contributed by atoms with Gasteiger partial charge in [0.1, 0.15) is 4.90 Å². The average Bonchev–Trinajstić information content (AvgIpc) is 2.81. The minimum absolute atomic E-state index is 0.0210. The Morgan fingerprint density at radius 1 is 0.912 bits per heavy atom. The fraction of sp³-hybridized carbons (Fsp3) is 0.0400. The van der Waals surface area contributed by atoms with Gasteiger partial charge >= 0.3 is 10.1 Å². The first-order chi connectivity index (χ1) is 16.2. The summed E-state index contributed by atoms with van der Waals surface area (Å²) in [7, 11) is -4.12. The molecule has 6 nitrogen and oxygen atoms in total. The van der Waals surface area contributed by atoms with Crippen molar-refractivity contribution in [2.24, 2.45) is 5.10 Å². The Morgan fingerprint density at radius 2 is 1.56 bits per heavy atom. The predicted molar refractivity (Wildman–Crippen MR) is 134 cm³/mol. The fourth-order valence-electron chi connectivity index (χ4n) is 3.16. The molecule has 4 rings (SSSR count). The van der Waals surface area contributed by atoms with Crippen LogP contribution in [0.2, 0.25) is 10.0 Å². The molecule has 0 unspecified atom stereocenters. The lowest BCUT2D eigenvalue weighted by atomic mass is 10.1. The number of carbonyl (C=O) groups excluding carboxylic acids is 1. The highest BCUT2D eigenvalue weighted by Crippen LogP contribution is 2.36. The molecule has 0 aliphatic rings. The number of nitrogens with one attached hydrogen (secondary N) is 1. The second-order valence-electron chi connectivity index (χ2n) is 7.43. The summed E-state index contributed by atoms with van der Waals surface area (Å²) in [6, 6.07) is 22.1. The Morgan fingerprint density at radius 3 is 2.24 bits per heavy atom. The molecular weight excluding hydrogens is 495 g/mol. The van der Waals surface area contributed by atoms with Crippen LogP contribution in [0.1, 0.15) is 21.5 Å². The summed E-state index contributed by atoms with van der Waals surface area (Å²) in [6.07, 6.45) is 1.34. The number of aryl methyl sites for hydroxylation is 1. The highest BCUT2D eigenvalue weighted by molar-refractivity contribution is 7.87. The van der Waals surface area contributed by atoms with Crippen LogP contribution in [0.4, 0.5) is 0 Å². The number of carbonyl (C=O) groups is 1. The standard InChI is InChI=1S/C25H18Cl2N2O4S/c1-16-6-10-21(11-7-16)34(31,32)33-24-22(26)12-17(13-23(24)27)15-28-29-25(30)20-9-8-18-4-2-3-5-19(18)14-20/h2-15H,1H3,(H,29,30)/b28-15-. The van der Waals surface area contributed by atoms with Crippen LogP contribution in [-0.2, 0) is 10.1 Å². The monoisotopic (exact) mass is 512 g/mol. The lowest BCUT2D eigenvalue weighted by molar-refractivity contribution is 0.0955. The van der Waals surface area contributed by atoms with Gasteiger partial charge in [0.25, 0.3) is 5.91 Å². The summed E-state index contributed by atoms with van der Waals surface area (Å²) < 4.78 is 30.3. The molecule has 0 bridgehead atoms. The van der Waals surface area contributed by atoms with Gasteiger partial charge in [-0.25, -0.2) is 5.43 Å². The lowest BCUT2D eigenvalue weighted by Crippen LogP contribution is -2.17. The SMILES string of the molecule is Cc1ccc(S(=O)(=O)Oc2c(Cl)cc(/C=N\NC(=O)c3ccc4ccccc4c3)cc2Cl)cc1. The number of benzene rings is 4. The van der Waals surface area contributed by atoms with Crippen LogP contribution in [0, 0.1) is 6.92 Å². The van der Waals surface area contributed by atoms with Gasteiger partial charge in [0.05, 0.1) is 16.3 Å². The lowest BCUT2D eigenvalue weighted by Gasteiger charge is -2.11. The maximum absolute atomic E-state index is 12.6. The van der Waals surface area contributed by atoms with Crippen LogP contribution in [0.5, 0.6) is 5.75 Å². The molecule has 0 atom stereocenters. The molecular formula is C25H18Cl2N2O4S. The molecule has 0 aliphatic heterocycles. The van der Waals surface area contributed by atoms with Gasteiger partial charge in [-0.1, -0.05) is 71.2 Å². The summed E-state index contributed by atoms with van der Waals surface area (Å²) in [5.41, 5.74) is 4.25. The molecule has 1 amide bonds. The Balaban J connectivity index is 1.47. The summed E-state index contributed by atoms with van der Waals surface area (Å²) in [5, 5.41) is 5.86. The highest BCUT2D eigenvalue weighted by Gasteiger charge is 2.21. The van der Waals surface area contributed by atoms with Crippen molar-refractivity contribution in [1.29, 1.82) is 0 Å². The van der Waals surface area contributed by atoms with Gasteiger partial charge in [0, 0.05) is 5.56 Å². The van der Waals surface area contributed by atoms with Gasteiger partial charge in [0.15, 0.2) is 5.75 Å². The zero-order chi connectivity index (χ0) is 24.3. The Hall–Kier alpha value is -3.39. The number of fused-ring (bicyclic) bond motifs is 1. The van der Waals surface area contributed by atoms with Gasteiger partial charge in [-0.05, 0) is 59.7 Å². The van der Waals surface area contributed by atoms with Crippen LogP contribution in [0.25, 0.3) is 10.8 Å². The first-order valence-corrected chi connectivity index (χ1v) is 12.2. The van der Waals surface area contributed by atoms with Crippen molar-refractivity contribution in [2.45, 2.75) is 11.8 Å². The Kier molecular flexibility index (Phi) is 6.88. The van der Waals surface area contributed by atoms with E-state index in [1.807, 2.05) is 37.3 Å². The number of rotatable bonds is 6. The molecule has 4 aromatic rings. The maximum Gasteiger partial charge on any atom is 0.339 e. The number of halogens is 2. The van der Waals surface area contributed by atoms with E-state index in [4.69, 9.17) is 27.4 Å². The second kappa shape index (κ2) is 9.85. The van der Waals surface area contributed by atoms with E-state index in [0.29, 0.717) is 11.1 Å². The van der Waals surface area contributed by atoms with E-state index in [-0.39, 0.29) is 26.6 Å². The third-order valence-corrected chi connectivity index (χ3v) is 6.71. The van der Waals surface area contributed by atoms with Crippen molar-refractivity contribution in [1.82, 2.24) is 5.43 Å². The van der Waals surface area contributed by atoms with E-state index >= 15 is 0 Å². The highest BCUT2D eigenvalue weighted by atomic mass is 35.5. The van der Waals surface area contributed by atoms with Gasteiger partial charge in [0.2, 0.25) is 0 Å². The van der Waals surface area contributed by atoms with Crippen molar-refractivity contribution in [3.8, 4) is 5.75 Å². The fourth-order valence-corrected chi connectivity index (χ4v) is 4.79. The normalized spacial score (nSPS) is 11.6. The van der Waals surface area contributed by atoms with E-state index < -0.39 is 10.1 Å². The van der Waals surface area contributed by atoms with Gasteiger partial charge in [-0.3, -0.25) is 4.79 Å². The summed E-state index contributed by atoms with van der Waals surface area (Å²) >= 11 is 12.4. The molecule has 34 heavy (non-hydrogen) atoms. The molecule has 0 heterocycles. The molecule has 4 aromatic carbocycles.